The number of amidine groups is 1. The molecule has 6 nitrogen and oxygen atoms in total. The number of carbonyl (C=O) groups excluding carboxylic acids is 1. The molecule has 0 aromatic heterocycles. The van der Waals surface area contributed by atoms with Crippen molar-refractivity contribution in [2.75, 3.05) is 23.3 Å². The summed E-state index contributed by atoms with van der Waals surface area (Å²) in [6.45, 7) is 2.06. The Morgan fingerprint density at radius 1 is 1.00 bits per heavy atom. The lowest BCUT2D eigenvalue weighted by atomic mass is 9.83. The van der Waals surface area contributed by atoms with Crippen LogP contribution < -0.4 is 16.0 Å². The van der Waals surface area contributed by atoms with Crippen LogP contribution in [0.5, 0.6) is 0 Å². The predicted molar refractivity (Wildman–Crippen MR) is 125 cm³/mol. The van der Waals surface area contributed by atoms with Crippen molar-refractivity contribution in [3.63, 3.8) is 0 Å². The van der Waals surface area contributed by atoms with Crippen LogP contribution in [0.25, 0.3) is 0 Å². The van der Waals surface area contributed by atoms with Crippen LogP contribution in [0.1, 0.15) is 78.8 Å². The lowest BCUT2D eigenvalue weighted by molar-refractivity contribution is 0.102. The van der Waals surface area contributed by atoms with Gasteiger partial charge >= 0.3 is 0 Å². The van der Waals surface area contributed by atoms with Crippen molar-refractivity contribution in [1.29, 1.82) is 0 Å². The number of nitrogens with zero attached hydrogens (tertiary/aromatic N) is 2. The van der Waals surface area contributed by atoms with Gasteiger partial charge in [-0.1, -0.05) is 36.6 Å². The molecule has 0 unspecified atom stereocenters. The highest BCUT2D eigenvalue weighted by atomic mass is 16.4. The van der Waals surface area contributed by atoms with Gasteiger partial charge in [0.2, 0.25) is 0 Å². The van der Waals surface area contributed by atoms with Crippen molar-refractivity contribution >= 4 is 23.1 Å². The van der Waals surface area contributed by atoms with E-state index in [-0.39, 0.29) is 11.7 Å². The molecule has 1 aliphatic heterocycles. The van der Waals surface area contributed by atoms with E-state index >= 15 is 0 Å². The van der Waals surface area contributed by atoms with Crippen molar-refractivity contribution in [3.8, 4) is 0 Å². The standard InChI is InChI=1S/C25H32N4O2/c26-24(28-31)22-13-12-19(18-8-3-1-4-9-18)17-23(22)27-25(30)20-10-7-11-21(16-20)29-14-5-2-6-15-29/h7,10-13,16-18,31H,1-6,8-9,14-15H2,(H2,26,28)(H,27,30). The van der Waals surface area contributed by atoms with Gasteiger partial charge in [0, 0.05) is 29.9 Å². The largest absolute Gasteiger partial charge is 0.409 e. The molecule has 1 saturated carbocycles. The first-order chi connectivity index (χ1) is 15.2. The molecule has 1 aliphatic carbocycles. The van der Waals surface area contributed by atoms with E-state index in [1.165, 1.54) is 44.1 Å². The van der Waals surface area contributed by atoms with Gasteiger partial charge in [0.05, 0.1) is 5.69 Å². The number of anilines is 2. The maximum Gasteiger partial charge on any atom is 0.255 e. The number of amides is 1. The number of carbonyl (C=O) groups is 1. The fraction of sp³-hybridized carbons (Fsp3) is 0.440. The number of nitrogens with two attached hydrogens (primary N) is 1. The molecule has 1 saturated heterocycles. The van der Waals surface area contributed by atoms with Gasteiger partial charge in [-0.3, -0.25) is 4.79 Å². The fourth-order valence-corrected chi connectivity index (χ4v) is 4.82. The van der Waals surface area contributed by atoms with Crippen LogP contribution in [0, 0.1) is 0 Å². The maximum atomic E-state index is 13.1. The predicted octanol–water partition coefficient (Wildman–Crippen LogP) is 5.07. The molecule has 2 fully saturated rings. The molecule has 31 heavy (non-hydrogen) atoms. The summed E-state index contributed by atoms with van der Waals surface area (Å²) in [6, 6.07) is 13.7. The van der Waals surface area contributed by atoms with E-state index in [1.807, 2.05) is 36.4 Å². The normalized spacial score (nSPS) is 18.1. The van der Waals surface area contributed by atoms with Crippen molar-refractivity contribution in [2.45, 2.75) is 57.3 Å². The summed E-state index contributed by atoms with van der Waals surface area (Å²) in [5.41, 5.74) is 9.91. The van der Waals surface area contributed by atoms with Crippen molar-refractivity contribution in [2.24, 2.45) is 10.9 Å². The van der Waals surface area contributed by atoms with Gasteiger partial charge < -0.3 is 21.2 Å². The number of rotatable bonds is 5. The Balaban J connectivity index is 1.58. The van der Waals surface area contributed by atoms with Crippen LogP contribution in [-0.4, -0.2) is 30.0 Å². The number of nitrogens with one attached hydrogen (secondary N) is 1. The Morgan fingerprint density at radius 3 is 2.48 bits per heavy atom. The highest BCUT2D eigenvalue weighted by Gasteiger charge is 2.19. The second-order valence-electron chi connectivity index (χ2n) is 8.68. The van der Waals surface area contributed by atoms with Gasteiger partial charge in [-0.05, 0) is 73.9 Å². The van der Waals surface area contributed by atoms with Crippen LogP contribution in [0.3, 0.4) is 0 Å². The number of hydrogen-bond acceptors (Lipinski definition) is 4. The number of oxime groups is 1. The number of hydrogen-bond donors (Lipinski definition) is 3. The molecule has 2 aromatic rings. The lowest BCUT2D eigenvalue weighted by Gasteiger charge is -2.29. The van der Waals surface area contributed by atoms with Gasteiger partial charge in [0.25, 0.3) is 5.91 Å². The average molecular weight is 421 g/mol. The molecule has 1 amide bonds. The Morgan fingerprint density at radius 2 is 1.74 bits per heavy atom. The average Bonchev–Trinajstić information content (AvgIpc) is 2.84. The number of benzene rings is 2. The van der Waals surface area contributed by atoms with Crippen LogP contribution >= 0.6 is 0 Å². The highest BCUT2D eigenvalue weighted by molar-refractivity contribution is 6.10. The van der Waals surface area contributed by atoms with Crippen LogP contribution in [-0.2, 0) is 0 Å². The van der Waals surface area contributed by atoms with Gasteiger partial charge in [-0.25, -0.2) is 0 Å². The van der Waals surface area contributed by atoms with Gasteiger partial charge in [-0.2, -0.15) is 0 Å². The van der Waals surface area contributed by atoms with Crippen LogP contribution in [0.4, 0.5) is 11.4 Å². The topological polar surface area (TPSA) is 91.0 Å². The second-order valence-corrected chi connectivity index (χ2v) is 8.68. The van der Waals surface area contributed by atoms with Crippen molar-refractivity contribution in [3.05, 3.63) is 59.2 Å². The smallest absolute Gasteiger partial charge is 0.255 e. The highest BCUT2D eigenvalue weighted by Crippen LogP contribution is 2.34. The molecule has 1 heterocycles. The second kappa shape index (κ2) is 9.86. The summed E-state index contributed by atoms with van der Waals surface area (Å²) < 4.78 is 0. The third kappa shape index (κ3) is 5.01. The first kappa shape index (κ1) is 21.2. The third-order valence-electron chi connectivity index (χ3n) is 6.58. The molecule has 6 heteroatoms. The summed E-state index contributed by atoms with van der Waals surface area (Å²) in [6.07, 6.45) is 9.72. The maximum absolute atomic E-state index is 13.1. The zero-order chi connectivity index (χ0) is 21.6. The molecule has 0 bridgehead atoms. The van der Waals surface area contributed by atoms with E-state index in [0.29, 0.717) is 22.7 Å². The first-order valence-electron chi connectivity index (χ1n) is 11.4. The molecule has 4 rings (SSSR count). The van der Waals surface area contributed by atoms with Gasteiger partial charge in [-0.15, -0.1) is 0 Å². The molecule has 0 atom stereocenters. The molecular formula is C25H32N4O2. The van der Waals surface area contributed by atoms with E-state index in [9.17, 15) is 10.0 Å². The molecule has 0 spiro atoms. The minimum atomic E-state index is -0.188. The first-order valence-corrected chi connectivity index (χ1v) is 11.4. The Labute approximate surface area is 184 Å². The Kier molecular flexibility index (Phi) is 6.75. The summed E-state index contributed by atoms with van der Waals surface area (Å²) >= 11 is 0. The Bertz CT molecular complexity index is 944. The monoisotopic (exact) mass is 420 g/mol. The summed E-state index contributed by atoms with van der Waals surface area (Å²) in [5, 5.41) is 15.4. The van der Waals surface area contributed by atoms with E-state index in [4.69, 9.17) is 5.73 Å². The van der Waals surface area contributed by atoms with E-state index in [0.717, 1.165) is 31.6 Å². The van der Waals surface area contributed by atoms with Gasteiger partial charge in [0.1, 0.15) is 0 Å². The van der Waals surface area contributed by atoms with E-state index < -0.39 is 0 Å². The zero-order valence-corrected chi connectivity index (χ0v) is 18.0. The molecule has 4 N–H and O–H groups in total. The molecule has 2 aliphatic rings. The quantitative estimate of drug-likeness (QED) is 0.272. The minimum absolute atomic E-state index is 0.00689. The van der Waals surface area contributed by atoms with Gasteiger partial charge in [0.15, 0.2) is 5.84 Å². The lowest BCUT2D eigenvalue weighted by Crippen LogP contribution is -2.29. The Hall–Kier alpha value is -3.02. The van der Waals surface area contributed by atoms with Crippen molar-refractivity contribution in [1.82, 2.24) is 0 Å². The van der Waals surface area contributed by atoms with Crippen molar-refractivity contribution < 1.29 is 10.0 Å². The summed E-state index contributed by atoms with van der Waals surface area (Å²) in [5.74, 6) is 0.298. The van der Waals surface area contributed by atoms with E-state index in [2.05, 4.69) is 21.4 Å². The summed E-state index contributed by atoms with van der Waals surface area (Å²) in [4.78, 5) is 15.5. The zero-order valence-electron chi connectivity index (χ0n) is 18.0. The molecule has 0 radical (unpaired) electrons. The third-order valence-corrected chi connectivity index (χ3v) is 6.58. The molecular weight excluding hydrogens is 388 g/mol. The SMILES string of the molecule is N/C(=N\O)c1ccc(C2CCCCC2)cc1NC(=O)c1cccc(N2CCCCC2)c1. The minimum Gasteiger partial charge on any atom is -0.409 e. The number of piperidine rings is 1. The molecule has 164 valence electrons. The molecule has 2 aromatic carbocycles. The van der Waals surface area contributed by atoms with Crippen LogP contribution in [0.2, 0.25) is 0 Å². The fourth-order valence-electron chi connectivity index (χ4n) is 4.82. The van der Waals surface area contributed by atoms with Crippen LogP contribution in [0.15, 0.2) is 47.6 Å². The summed E-state index contributed by atoms with van der Waals surface area (Å²) in [7, 11) is 0. The van der Waals surface area contributed by atoms with E-state index in [1.54, 1.807) is 0 Å².